The van der Waals surface area contributed by atoms with E-state index in [1.165, 1.54) is 11.3 Å². The van der Waals surface area contributed by atoms with Gasteiger partial charge in [0.1, 0.15) is 6.04 Å². The lowest BCUT2D eigenvalue weighted by atomic mass is 10.0. The van der Waals surface area contributed by atoms with E-state index >= 15 is 0 Å². The van der Waals surface area contributed by atoms with Gasteiger partial charge in [0.25, 0.3) is 0 Å². The van der Waals surface area contributed by atoms with Gasteiger partial charge in [-0.1, -0.05) is 18.3 Å². The van der Waals surface area contributed by atoms with Gasteiger partial charge in [-0.2, -0.15) is 0 Å². The van der Waals surface area contributed by atoms with Crippen molar-refractivity contribution >= 4 is 28.2 Å². The molecule has 0 saturated carbocycles. The van der Waals surface area contributed by atoms with Gasteiger partial charge in [-0.25, -0.2) is 4.98 Å². The third kappa shape index (κ3) is 2.14. The number of piperazine rings is 1. The lowest BCUT2D eigenvalue weighted by Gasteiger charge is -2.34. The standard InChI is InChI=1S/C13H17N3O2S/c1-2-9-12(18)14-6-7-16(9)13-15-8-4-3-5-10(17)11(8)19-13/h9H,2-7H2,1H3,(H,14,18). The molecule has 2 heterocycles. The van der Waals surface area contributed by atoms with Crippen molar-refractivity contribution in [3.8, 4) is 0 Å². The number of carbonyl (C=O) groups is 2. The average molecular weight is 279 g/mol. The number of thiazole rings is 1. The van der Waals surface area contributed by atoms with Crippen LogP contribution in [-0.4, -0.2) is 35.8 Å². The molecule has 1 atom stereocenters. The monoisotopic (exact) mass is 279 g/mol. The molecule has 1 aromatic rings. The van der Waals surface area contributed by atoms with Crippen molar-refractivity contribution in [2.75, 3.05) is 18.0 Å². The van der Waals surface area contributed by atoms with Gasteiger partial charge in [0.15, 0.2) is 10.9 Å². The predicted octanol–water partition coefficient (Wildman–Crippen LogP) is 1.38. The molecule has 0 spiro atoms. The van der Waals surface area contributed by atoms with Crippen molar-refractivity contribution in [2.24, 2.45) is 0 Å². The zero-order chi connectivity index (χ0) is 13.4. The molecule has 1 amide bonds. The molecule has 1 aliphatic carbocycles. The lowest BCUT2D eigenvalue weighted by molar-refractivity contribution is -0.123. The minimum atomic E-state index is -0.156. The molecule has 2 aliphatic rings. The van der Waals surface area contributed by atoms with Crippen LogP contribution in [0.25, 0.3) is 0 Å². The summed E-state index contributed by atoms with van der Waals surface area (Å²) in [4.78, 5) is 31.2. The Labute approximate surface area is 116 Å². The number of nitrogens with one attached hydrogen (secondary N) is 1. The van der Waals surface area contributed by atoms with E-state index in [1.54, 1.807) is 0 Å². The van der Waals surface area contributed by atoms with E-state index in [0.717, 1.165) is 41.5 Å². The van der Waals surface area contributed by atoms with E-state index < -0.39 is 0 Å². The molecule has 1 N–H and O–H groups in total. The maximum Gasteiger partial charge on any atom is 0.242 e. The van der Waals surface area contributed by atoms with Gasteiger partial charge in [-0.3, -0.25) is 9.59 Å². The van der Waals surface area contributed by atoms with Crippen LogP contribution < -0.4 is 10.2 Å². The van der Waals surface area contributed by atoms with Gasteiger partial charge >= 0.3 is 0 Å². The number of Topliss-reactive ketones (excluding diaryl/α,β-unsaturated/α-hetero) is 1. The first-order valence-electron chi connectivity index (χ1n) is 6.78. The van der Waals surface area contributed by atoms with E-state index in [9.17, 15) is 9.59 Å². The number of nitrogens with zero attached hydrogens (tertiary/aromatic N) is 2. The second-order valence-corrected chi connectivity index (χ2v) is 5.93. The molecule has 3 rings (SSSR count). The molecule has 19 heavy (non-hydrogen) atoms. The first-order valence-corrected chi connectivity index (χ1v) is 7.59. The normalized spacial score (nSPS) is 23.2. The number of aryl methyl sites for hydroxylation is 1. The van der Waals surface area contributed by atoms with E-state index in [1.807, 2.05) is 6.92 Å². The summed E-state index contributed by atoms with van der Waals surface area (Å²) >= 11 is 1.46. The van der Waals surface area contributed by atoms with Gasteiger partial charge in [-0.05, 0) is 19.3 Å². The minimum absolute atomic E-state index is 0.0632. The van der Waals surface area contributed by atoms with Crippen molar-refractivity contribution in [1.29, 1.82) is 0 Å². The zero-order valence-corrected chi connectivity index (χ0v) is 11.8. The van der Waals surface area contributed by atoms with Gasteiger partial charge in [-0.15, -0.1) is 0 Å². The van der Waals surface area contributed by atoms with Gasteiger partial charge in [0.2, 0.25) is 5.91 Å². The molecule has 1 aromatic heterocycles. The fraction of sp³-hybridized carbons (Fsp3) is 0.615. The van der Waals surface area contributed by atoms with Crippen LogP contribution in [0.1, 0.15) is 41.6 Å². The van der Waals surface area contributed by atoms with Gasteiger partial charge in [0.05, 0.1) is 10.6 Å². The van der Waals surface area contributed by atoms with E-state index in [4.69, 9.17) is 0 Å². The summed E-state index contributed by atoms with van der Waals surface area (Å²) in [6.07, 6.45) is 3.16. The molecule has 1 saturated heterocycles. The molecule has 5 nitrogen and oxygen atoms in total. The van der Waals surface area contributed by atoms with Crippen LogP contribution in [0, 0.1) is 0 Å². The fourth-order valence-electron chi connectivity index (χ4n) is 2.73. The van der Waals surface area contributed by atoms with Crippen molar-refractivity contribution < 1.29 is 9.59 Å². The number of hydrogen-bond acceptors (Lipinski definition) is 5. The largest absolute Gasteiger partial charge is 0.353 e. The maximum atomic E-state index is 11.9. The molecule has 0 aromatic carbocycles. The van der Waals surface area contributed by atoms with E-state index in [2.05, 4.69) is 15.2 Å². The number of hydrogen-bond donors (Lipinski definition) is 1. The highest BCUT2D eigenvalue weighted by Crippen LogP contribution is 2.33. The van der Waals surface area contributed by atoms with Gasteiger partial charge in [0, 0.05) is 19.5 Å². The summed E-state index contributed by atoms with van der Waals surface area (Å²) in [5, 5.41) is 3.72. The average Bonchev–Trinajstić information content (AvgIpc) is 2.84. The Bertz CT molecular complexity index is 526. The third-order valence-electron chi connectivity index (χ3n) is 3.72. The highest BCUT2D eigenvalue weighted by Gasteiger charge is 2.32. The highest BCUT2D eigenvalue weighted by atomic mass is 32.1. The molecule has 1 unspecified atom stereocenters. The fourth-order valence-corrected chi connectivity index (χ4v) is 3.88. The Balaban J connectivity index is 1.93. The van der Waals surface area contributed by atoms with Crippen molar-refractivity contribution in [3.05, 3.63) is 10.6 Å². The number of anilines is 1. The summed E-state index contributed by atoms with van der Waals surface area (Å²) < 4.78 is 0. The van der Waals surface area contributed by atoms with Crippen molar-refractivity contribution in [3.63, 3.8) is 0 Å². The Morgan fingerprint density at radius 2 is 2.26 bits per heavy atom. The molecule has 102 valence electrons. The second kappa shape index (κ2) is 4.92. The molecule has 1 aliphatic heterocycles. The Hall–Kier alpha value is -1.43. The summed E-state index contributed by atoms with van der Waals surface area (Å²) in [6, 6.07) is -0.156. The van der Waals surface area contributed by atoms with E-state index in [0.29, 0.717) is 13.0 Å². The first-order chi connectivity index (χ1) is 9.20. The predicted molar refractivity (Wildman–Crippen MR) is 73.8 cm³/mol. The molecule has 1 fully saturated rings. The third-order valence-corrected chi connectivity index (χ3v) is 4.90. The van der Waals surface area contributed by atoms with E-state index in [-0.39, 0.29) is 17.7 Å². The van der Waals surface area contributed by atoms with Crippen LogP contribution in [0.2, 0.25) is 0 Å². The number of aromatic nitrogens is 1. The van der Waals surface area contributed by atoms with Gasteiger partial charge < -0.3 is 10.2 Å². The number of rotatable bonds is 2. The highest BCUT2D eigenvalue weighted by molar-refractivity contribution is 7.17. The SMILES string of the molecule is CCC1C(=O)NCCN1c1nc2c(s1)C(=O)CCC2. The van der Waals surface area contributed by atoms with Crippen LogP contribution in [-0.2, 0) is 11.2 Å². The molecule has 0 bridgehead atoms. The molecular weight excluding hydrogens is 262 g/mol. The van der Waals surface area contributed by atoms with Crippen molar-refractivity contribution in [1.82, 2.24) is 10.3 Å². The summed E-state index contributed by atoms with van der Waals surface area (Å²) in [7, 11) is 0. The lowest BCUT2D eigenvalue weighted by Crippen LogP contribution is -2.55. The Morgan fingerprint density at radius 1 is 1.42 bits per heavy atom. The molecule has 0 radical (unpaired) electrons. The van der Waals surface area contributed by atoms with Crippen molar-refractivity contribution in [2.45, 2.75) is 38.6 Å². The zero-order valence-electron chi connectivity index (χ0n) is 10.9. The number of amides is 1. The summed E-state index contributed by atoms with van der Waals surface area (Å²) in [5.41, 5.74) is 0.928. The number of fused-ring (bicyclic) bond motifs is 1. The quantitative estimate of drug-likeness (QED) is 0.888. The van der Waals surface area contributed by atoms with Crippen LogP contribution in [0.15, 0.2) is 0 Å². The Morgan fingerprint density at radius 3 is 3.00 bits per heavy atom. The minimum Gasteiger partial charge on any atom is -0.353 e. The first kappa shape index (κ1) is 12.6. The van der Waals surface area contributed by atoms with Crippen LogP contribution >= 0.6 is 11.3 Å². The van der Waals surface area contributed by atoms with Crippen LogP contribution in [0.4, 0.5) is 5.13 Å². The molecular formula is C13H17N3O2S. The summed E-state index contributed by atoms with van der Waals surface area (Å²) in [5.74, 6) is 0.271. The topological polar surface area (TPSA) is 62.3 Å². The maximum absolute atomic E-state index is 11.9. The number of ketones is 1. The summed E-state index contributed by atoms with van der Waals surface area (Å²) in [6.45, 7) is 3.42. The van der Waals surface area contributed by atoms with Crippen LogP contribution in [0.5, 0.6) is 0 Å². The number of carbonyl (C=O) groups excluding carboxylic acids is 2. The second-order valence-electron chi connectivity index (χ2n) is 4.96. The smallest absolute Gasteiger partial charge is 0.242 e. The van der Waals surface area contributed by atoms with Crippen LogP contribution in [0.3, 0.4) is 0 Å². The Kier molecular flexibility index (Phi) is 3.26. The molecule has 6 heteroatoms.